The fraction of sp³-hybridized carbons (Fsp3) is 0.0370. The predicted molar refractivity (Wildman–Crippen MR) is 138 cm³/mol. The molecule has 5 rings (SSSR count). The van der Waals surface area contributed by atoms with Gasteiger partial charge in [-0.2, -0.15) is 13.2 Å². The van der Waals surface area contributed by atoms with Gasteiger partial charge in [0.05, 0.1) is 16.8 Å². The number of hydrogen-bond acceptors (Lipinski definition) is 3. The van der Waals surface area contributed by atoms with Crippen LogP contribution in [0, 0.1) is 0 Å². The van der Waals surface area contributed by atoms with E-state index in [0.29, 0.717) is 22.6 Å². The second kappa shape index (κ2) is 9.57. The van der Waals surface area contributed by atoms with Gasteiger partial charge in [-0.1, -0.05) is 12.1 Å². The summed E-state index contributed by atoms with van der Waals surface area (Å²) in [7, 11) is 0. The zero-order valence-corrected chi connectivity index (χ0v) is 19.1. The zero-order valence-electron chi connectivity index (χ0n) is 19.1. The lowest BCUT2D eigenvalue weighted by atomic mass is 10.1. The Hall–Kier alpha value is -4.99. The van der Waals surface area contributed by atoms with Gasteiger partial charge in [0.2, 0.25) is 0 Å². The summed E-state index contributed by atoms with van der Waals surface area (Å²) in [5, 5.41) is 11.3. The first kappa shape index (κ1) is 23.7. The van der Waals surface area contributed by atoms with Crippen LogP contribution in [-0.4, -0.2) is 16.9 Å². The Kier molecular flexibility index (Phi) is 6.14. The third kappa shape index (κ3) is 5.48. The quantitative estimate of drug-likeness (QED) is 0.191. The van der Waals surface area contributed by atoms with E-state index >= 15 is 0 Å². The molecule has 5 N–H and O–H groups in total. The summed E-state index contributed by atoms with van der Waals surface area (Å²) in [6, 6.07) is 19.7. The lowest BCUT2D eigenvalue weighted by Gasteiger charge is -2.12. The van der Waals surface area contributed by atoms with Crippen molar-refractivity contribution in [3.8, 4) is 0 Å². The third-order valence-electron chi connectivity index (χ3n) is 5.60. The summed E-state index contributed by atoms with van der Waals surface area (Å²) in [4.78, 5) is 27.8. The van der Waals surface area contributed by atoms with E-state index in [-0.39, 0.29) is 11.6 Å². The molecule has 37 heavy (non-hydrogen) atoms. The van der Waals surface area contributed by atoms with Crippen LogP contribution >= 0.6 is 0 Å². The number of hydrogen-bond donors (Lipinski definition) is 5. The molecule has 4 aromatic rings. The fourth-order valence-corrected chi connectivity index (χ4v) is 3.88. The number of carbonyl (C=O) groups excluding carboxylic acids is 2. The lowest BCUT2D eigenvalue weighted by Crippen LogP contribution is -2.19. The lowest BCUT2D eigenvalue weighted by molar-refractivity contribution is -0.137. The Balaban J connectivity index is 1.24. The Bertz CT molecular complexity index is 1490. The number of nitrogens with one attached hydrogen (secondary N) is 5. The number of alkyl halides is 3. The van der Waals surface area contributed by atoms with Crippen LogP contribution in [-0.2, 0) is 11.0 Å². The number of halogens is 3. The molecule has 1 aliphatic rings. The predicted octanol–water partition coefficient (Wildman–Crippen LogP) is 6.91. The topological polar surface area (TPSA) is 98.0 Å². The summed E-state index contributed by atoms with van der Waals surface area (Å²) in [6.07, 6.45) is -0.867. The van der Waals surface area contributed by atoms with Crippen molar-refractivity contribution < 1.29 is 22.8 Å². The number of amides is 3. The van der Waals surface area contributed by atoms with Crippen LogP contribution in [0.25, 0.3) is 11.6 Å². The average Bonchev–Trinajstić information content (AvgIpc) is 3.47. The molecule has 0 radical (unpaired) electrons. The van der Waals surface area contributed by atoms with Crippen LogP contribution in [0.5, 0.6) is 0 Å². The molecule has 1 aromatic heterocycles. The molecule has 0 unspecified atom stereocenters. The summed E-state index contributed by atoms with van der Waals surface area (Å²) < 4.78 is 38.1. The number of aromatic amines is 1. The molecule has 0 aliphatic carbocycles. The Morgan fingerprint density at radius 2 is 1.51 bits per heavy atom. The smallest absolute Gasteiger partial charge is 0.362 e. The number of carbonyl (C=O) groups is 2. The van der Waals surface area contributed by atoms with E-state index in [1.54, 1.807) is 36.5 Å². The second-order valence-electron chi connectivity index (χ2n) is 8.26. The van der Waals surface area contributed by atoms with E-state index < -0.39 is 17.8 Å². The number of benzene rings is 3. The largest absolute Gasteiger partial charge is 0.416 e. The van der Waals surface area contributed by atoms with Crippen molar-refractivity contribution in [1.82, 2.24) is 4.98 Å². The molecule has 3 amide bonds. The van der Waals surface area contributed by atoms with Gasteiger partial charge in [-0.25, -0.2) is 4.79 Å². The van der Waals surface area contributed by atoms with E-state index in [0.717, 1.165) is 29.1 Å². The van der Waals surface area contributed by atoms with Gasteiger partial charge in [0.25, 0.3) is 5.91 Å². The second-order valence-corrected chi connectivity index (χ2v) is 8.26. The normalized spacial score (nSPS) is 13.7. The molecule has 7 nitrogen and oxygen atoms in total. The molecule has 10 heteroatoms. The highest BCUT2D eigenvalue weighted by molar-refractivity contribution is 6.35. The third-order valence-corrected chi connectivity index (χ3v) is 5.60. The highest BCUT2D eigenvalue weighted by Crippen LogP contribution is 2.36. The van der Waals surface area contributed by atoms with Crippen molar-refractivity contribution in [3.05, 3.63) is 102 Å². The number of fused-ring (bicyclic) bond motifs is 1. The van der Waals surface area contributed by atoms with Crippen LogP contribution in [0.3, 0.4) is 0 Å². The van der Waals surface area contributed by atoms with Gasteiger partial charge < -0.3 is 26.3 Å². The van der Waals surface area contributed by atoms with Crippen molar-refractivity contribution in [2.24, 2.45) is 0 Å². The van der Waals surface area contributed by atoms with Crippen molar-refractivity contribution in [2.45, 2.75) is 6.18 Å². The Labute approximate surface area is 209 Å². The van der Waals surface area contributed by atoms with Gasteiger partial charge in [-0.3, -0.25) is 4.79 Å². The SMILES string of the molecule is O=C(Nc1ccc(C(F)(F)F)cc1)Nc1cccc(Nc2ccc3c(c2)NC(=O)/C3=C/c2ccc[nH]2)c1. The summed E-state index contributed by atoms with van der Waals surface area (Å²) in [6.45, 7) is 0. The van der Waals surface area contributed by atoms with Crippen molar-refractivity contribution in [1.29, 1.82) is 0 Å². The maximum absolute atomic E-state index is 12.7. The minimum atomic E-state index is -4.44. The first-order chi connectivity index (χ1) is 17.7. The molecule has 0 atom stereocenters. The van der Waals surface area contributed by atoms with Crippen molar-refractivity contribution in [3.63, 3.8) is 0 Å². The minimum Gasteiger partial charge on any atom is -0.362 e. The van der Waals surface area contributed by atoms with Gasteiger partial charge in [-0.15, -0.1) is 0 Å². The summed E-state index contributed by atoms with van der Waals surface area (Å²) in [5.41, 5.74) is 4.17. The van der Waals surface area contributed by atoms with Gasteiger partial charge in [0, 0.05) is 40.2 Å². The van der Waals surface area contributed by atoms with Gasteiger partial charge in [0.1, 0.15) is 0 Å². The molecule has 0 spiro atoms. The molecule has 186 valence electrons. The number of rotatable bonds is 5. The van der Waals surface area contributed by atoms with E-state index in [9.17, 15) is 22.8 Å². The average molecular weight is 503 g/mol. The molecule has 2 heterocycles. The van der Waals surface area contributed by atoms with E-state index in [2.05, 4.69) is 26.3 Å². The number of aromatic nitrogens is 1. The Morgan fingerprint density at radius 1 is 0.811 bits per heavy atom. The summed E-state index contributed by atoms with van der Waals surface area (Å²) in [5.74, 6) is -0.188. The van der Waals surface area contributed by atoms with Crippen molar-refractivity contribution in [2.75, 3.05) is 21.3 Å². The standard InChI is InChI=1S/C27H20F3N5O2/c28-27(29,30)16-6-8-17(9-7-16)33-26(37)34-20-4-1-3-19(13-20)32-21-10-11-22-23(14-18-5-2-12-31-18)25(36)35-24(22)15-21/h1-15,31-32H,(H,35,36)(H2,33,34,37)/b23-14+. The maximum atomic E-state index is 12.7. The molecule has 0 saturated carbocycles. The molecule has 0 bridgehead atoms. The molecule has 0 saturated heterocycles. The highest BCUT2D eigenvalue weighted by atomic mass is 19.4. The van der Waals surface area contributed by atoms with E-state index in [4.69, 9.17) is 0 Å². The van der Waals surface area contributed by atoms with Gasteiger partial charge >= 0.3 is 12.2 Å². The number of urea groups is 1. The molecular formula is C27H20F3N5O2. The number of H-pyrrole nitrogens is 1. The molecular weight excluding hydrogens is 483 g/mol. The van der Waals surface area contributed by atoms with Crippen LogP contribution in [0.4, 0.5) is 46.4 Å². The van der Waals surface area contributed by atoms with Gasteiger partial charge in [0.15, 0.2) is 0 Å². The van der Waals surface area contributed by atoms with E-state index in [1.807, 2.05) is 30.3 Å². The van der Waals surface area contributed by atoms with Crippen LogP contribution in [0.1, 0.15) is 16.8 Å². The van der Waals surface area contributed by atoms with Crippen LogP contribution in [0.2, 0.25) is 0 Å². The minimum absolute atomic E-state index is 0.188. The summed E-state index contributed by atoms with van der Waals surface area (Å²) >= 11 is 0. The molecule has 3 aromatic carbocycles. The first-order valence-electron chi connectivity index (χ1n) is 11.2. The molecule has 0 fully saturated rings. The van der Waals surface area contributed by atoms with Gasteiger partial charge in [-0.05, 0) is 72.8 Å². The van der Waals surface area contributed by atoms with Crippen LogP contribution in [0.15, 0.2) is 85.1 Å². The first-order valence-corrected chi connectivity index (χ1v) is 11.2. The number of anilines is 5. The van der Waals surface area contributed by atoms with E-state index in [1.165, 1.54) is 12.1 Å². The highest BCUT2D eigenvalue weighted by Gasteiger charge is 2.30. The zero-order chi connectivity index (χ0) is 26.0. The monoisotopic (exact) mass is 503 g/mol. The molecule has 1 aliphatic heterocycles. The fourth-order valence-electron chi connectivity index (χ4n) is 3.88. The van der Waals surface area contributed by atoms with Crippen LogP contribution < -0.4 is 21.3 Å². The maximum Gasteiger partial charge on any atom is 0.416 e. The van der Waals surface area contributed by atoms with Crippen molar-refractivity contribution >= 4 is 52.0 Å². The Morgan fingerprint density at radius 3 is 2.24 bits per heavy atom.